The molecule has 0 amide bonds. The Kier molecular flexibility index (Phi) is 3.38. The van der Waals surface area contributed by atoms with Crippen LogP contribution in [0.1, 0.15) is 13.8 Å². The molecule has 0 aromatic carbocycles. The molecule has 0 aliphatic carbocycles. The lowest BCUT2D eigenvalue weighted by Gasteiger charge is -2.18. The van der Waals surface area contributed by atoms with E-state index in [9.17, 15) is 4.57 Å². The molecule has 2 rings (SSSR count). The molecular weight excluding hydrogens is 239 g/mol. The molecule has 0 aromatic rings. The number of phosphoric acid groups is 1. The van der Waals surface area contributed by atoms with Gasteiger partial charge in [-0.2, -0.15) is 0 Å². The van der Waals surface area contributed by atoms with Crippen molar-refractivity contribution in [3.8, 4) is 0 Å². The van der Waals surface area contributed by atoms with Crippen LogP contribution in [0.25, 0.3) is 0 Å². The monoisotopic (exact) mass is 254 g/mol. The average Bonchev–Trinajstić information content (AvgIpc) is 2.70. The summed E-state index contributed by atoms with van der Waals surface area (Å²) < 4.78 is 37.3. The topological polar surface area (TPSA) is 83.5 Å². The molecule has 8 heteroatoms. The van der Waals surface area contributed by atoms with Gasteiger partial charge < -0.3 is 14.6 Å². The zero-order valence-electron chi connectivity index (χ0n) is 9.12. The zero-order valence-corrected chi connectivity index (χ0v) is 10.0. The Morgan fingerprint density at radius 2 is 2.00 bits per heavy atom. The smallest absolute Gasteiger partial charge is 0.393 e. The van der Waals surface area contributed by atoms with Crippen LogP contribution in [0.3, 0.4) is 0 Å². The minimum atomic E-state index is -3.54. The summed E-state index contributed by atoms with van der Waals surface area (Å²) in [4.78, 5) is 0. The standard InChI is InChI=1S/C8H15O7P/c1-8(2)13-6(5-9)7(14-8)15-16(10)11-3-4-12-16/h6-7,9H,3-5H2,1-2H3. The van der Waals surface area contributed by atoms with Crippen LogP contribution >= 0.6 is 7.82 Å². The van der Waals surface area contributed by atoms with E-state index in [0.717, 1.165) is 0 Å². The van der Waals surface area contributed by atoms with Gasteiger partial charge in [-0.1, -0.05) is 0 Å². The second-order valence-electron chi connectivity index (χ2n) is 3.94. The third-order valence-electron chi connectivity index (χ3n) is 2.13. The Balaban J connectivity index is 2.01. The second-order valence-corrected chi connectivity index (χ2v) is 5.57. The summed E-state index contributed by atoms with van der Waals surface area (Å²) >= 11 is 0. The molecule has 2 aliphatic heterocycles. The molecule has 0 spiro atoms. The van der Waals surface area contributed by atoms with Gasteiger partial charge in [0.2, 0.25) is 6.29 Å². The predicted molar refractivity (Wildman–Crippen MR) is 51.5 cm³/mol. The Morgan fingerprint density at radius 1 is 1.38 bits per heavy atom. The van der Waals surface area contributed by atoms with Gasteiger partial charge >= 0.3 is 7.82 Å². The minimum absolute atomic E-state index is 0.220. The van der Waals surface area contributed by atoms with Crippen molar-refractivity contribution in [2.75, 3.05) is 19.8 Å². The van der Waals surface area contributed by atoms with Gasteiger partial charge in [-0.15, -0.1) is 0 Å². The number of hydrogen-bond acceptors (Lipinski definition) is 7. The molecule has 0 radical (unpaired) electrons. The third-order valence-corrected chi connectivity index (χ3v) is 3.60. The fourth-order valence-corrected chi connectivity index (χ4v) is 2.77. The minimum Gasteiger partial charge on any atom is -0.393 e. The number of aliphatic hydroxyl groups excluding tert-OH is 1. The van der Waals surface area contributed by atoms with E-state index in [1.165, 1.54) is 0 Å². The van der Waals surface area contributed by atoms with E-state index in [1.807, 2.05) is 0 Å². The number of ether oxygens (including phenoxy) is 2. The van der Waals surface area contributed by atoms with Gasteiger partial charge in [0.1, 0.15) is 6.10 Å². The average molecular weight is 254 g/mol. The quantitative estimate of drug-likeness (QED) is 0.739. The van der Waals surface area contributed by atoms with Crippen molar-refractivity contribution in [2.45, 2.75) is 32.0 Å². The summed E-state index contributed by atoms with van der Waals surface area (Å²) in [5.41, 5.74) is 0. The van der Waals surface area contributed by atoms with Crippen LogP contribution < -0.4 is 0 Å². The van der Waals surface area contributed by atoms with Crippen molar-refractivity contribution in [3.05, 3.63) is 0 Å². The molecule has 0 aromatic heterocycles. The zero-order chi connectivity index (χ0) is 11.8. The van der Waals surface area contributed by atoms with Gasteiger partial charge in [-0.25, -0.2) is 4.57 Å². The van der Waals surface area contributed by atoms with E-state index in [1.54, 1.807) is 13.8 Å². The lowest BCUT2D eigenvalue weighted by atomic mass is 10.4. The molecular formula is C8H15O7P. The largest absolute Gasteiger partial charge is 0.477 e. The molecule has 0 bridgehead atoms. The van der Waals surface area contributed by atoms with Crippen molar-refractivity contribution < 1.29 is 32.7 Å². The predicted octanol–water partition coefficient (Wildman–Crippen LogP) is 0.628. The SMILES string of the molecule is CC1(C)OC(CO)C(OP2(=O)OCCO2)O1. The normalized spacial score (nSPS) is 36.7. The van der Waals surface area contributed by atoms with Gasteiger partial charge in [0, 0.05) is 0 Å². The van der Waals surface area contributed by atoms with Crippen LogP contribution in [0.4, 0.5) is 0 Å². The lowest BCUT2D eigenvalue weighted by molar-refractivity contribution is -0.171. The first-order chi connectivity index (χ1) is 7.44. The van der Waals surface area contributed by atoms with E-state index in [4.69, 9.17) is 28.2 Å². The fourth-order valence-electron chi connectivity index (χ4n) is 1.54. The Labute approximate surface area is 93.2 Å². The maximum atomic E-state index is 11.8. The molecule has 7 nitrogen and oxygen atoms in total. The summed E-state index contributed by atoms with van der Waals surface area (Å²) in [5, 5.41) is 9.07. The van der Waals surface area contributed by atoms with Gasteiger partial charge in [0.25, 0.3) is 0 Å². The summed E-state index contributed by atoms with van der Waals surface area (Å²) in [7, 11) is -3.54. The first-order valence-electron chi connectivity index (χ1n) is 4.98. The maximum Gasteiger partial charge on any atom is 0.477 e. The lowest BCUT2D eigenvalue weighted by Crippen LogP contribution is -2.28. The second kappa shape index (κ2) is 4.34. The highest BCUT2D eigenvalue weighted by atomic mass is 31.2. The van der Waals surface area contributed by atoms with Crippen LogP contribution in [0.2, 0.25) is 0 Å². The van der Waals surface area contributed by atoms with Crippen molar-refractivity contribution >= 4 is 7.82 Å². The highest BCUT2D eigenvalue weighted by molar-refractivity contribution is 7.48. The summed E-state index contributed by atoms with van der Waals surface area (Å²) in [6.45, 7) is 3.49. The van der Waals surface area contributed by atoms with Crippen molar-refractivity contribution in [1.29, 1.82) is 0 Å². The number of aliphatic hydroxyl groups is 1. The Morgan fingerprint density at radius 3 is 2.56 bits per heavy atom. The number of rotatable bonds is 3. The van der Waals surface area contributed by atoms with Crippen molar-refractivity contribution in [2.24, 2.45) is 0 Å². The Bertz CT molecular complexity index is 295. The first kappa shape index (κ1) is 12.4. The molecule has 2 unspecified atom stereocenters. The summed E-state index contributed by atoms with van der Waals surface area (Å²) in [5.74, 6) is -0.892. The van der Waals surface area contributed by atoms with E-state index in [0.29, 0.717) is 0 Å². The van der Waals surface area contributed by atoms with Gasteiger partial charge in [0.15, 0.2) is 5.79 Å². The molecule has 2 heterocycles. The number of phosphoric ester groups is 1. The van der Waals surface area contributed by atoms with Gasteiger partial charge in [-0.05, 0) is 13.8 Å². The van der Waals surface area contributed by atoms with Crippen LogP contribution in [-0.2, 0) is 27.6 Å². The third kappa shape index (κ3) is 2.62. The highest BCUT2D eigenvalue weighted by Crippen LogP contribution is 2.55. The van der Waals surface area contributed by atoms with E-state index in [2.05, 4.69) is 0 Å². The molecule has 2 saturated heterocycles. The number of hydrogen-bond donors (Lipinski definition) is 1. The summed E-state index contributed by atoms with van der Waals surface area (Å²) in [6.07, 6.45) is -1.66. The fraction of sp³-hybridized carbons (Fsp3) is 1.00. The van der Waals surface area contributed by atoms with Crippen LogP contribution in [0.15, 0.2) is 0 Å². The van der Waals surface area contributed by atoms with Crippen molar-refractivity contribution in [3.63, 3.8) is 0 Å². The van der Waals surface area contributed by atoms with E-state index in [-0.39, 0.29) is 19.8 Å². The van der Waals surface area contributed by atoms with Crippen molar-refractivity contribution in [1.82, 2.24) is 0 Å². The van der Waals surface area contributed by atoms with E-state index >= 15 is 0 Å². The maximum absolute atomic E-state index is 11.8. The van der Waals surface area contributed by atoms with Gasteiger partial charge in [-0.3, -0.25) is 13.6 Å². The molecule has 94 valence electrons. The summed E-state index contributed by atoms with van der Waals surface area (Å²) in [6, 6.07) is 0. The molecule has 1 N–H and O–H groups in total. The molecule has 0 saturated carbocycles. The first-order valence-corrected chi connectivity index (χ1v) is 6.44. The van der Waals surface area contributed by atoms with Gasteiger partial charge in [0.05, 0.1) is 19.8 Å². The highest BCUT2D eigenvalue weighted by Gasteiger charge is 2.47. The molecule has 2 atom stereocenters. The molecule has 16 heavy (non-hydrogen) atoms. The molecule has 2 aliphatic rings. The van der Waals surface area contributed by atoms with Crippen LogP contribution in [0.5, 0.6) is 0 Å². The van der Waals surface area contributed by atoms with Crippen LogP contribution in [-0.4, -0.2) is 43.1 Å². The molecule has 2 fully saturated rings. The van der Waals surface area contributed by atoms with Crippen LogP contribution in [0, 0.1) is 0 Å². The Hall–Kier alpha value is -0.0100. The van der Waals surface area contributed by atoms with E-state index < -0.39 is 26.0 Å².